The molecule has 3 heteroatoms. The quantitative estimate of drug-likeness (QED) is 0.631. The summed E-state index contributed by atoms with van der Waals surface area (Å²) < 4.78 is 5.58. The zero-order valence-corrected chi connectivity index (χ0v) is 11.0. The molecule has 0 amide bonds. The highest BCUT2D eigenvalue weighted by Crippen LogP contribution is 2.13. The molecule has 0 radical (unpaired) electrons. The molecule has 18 heavy (non-hydrogen) atoms. The van der Waals surface area contributed by atoms with Gasteiger partial charge in [0.1, 0.15) is 5.75 Å². The van der Waals surface area contributed by atoms with Gasteiger partial charge in [0.25, 0.3) is 0 Å². The molecule has 1 rings (SSSR count). The molecule has 0 saturated heterocycles. The summed E-state index contributed by atoms with van der Waals surface area (Å²) >= 11 is 0. The molecular formula is C15H21O3-. The van der Waals surface area contributed by atoms with E-state index in [1.54, 1.807) is 12.1 Å². The van der Waals surface area contributed by atoms with Gasteiger partial charge in [-0.25, -0.2) is 0 Å². The number of carboxylic acid groups (broad SMARTS) is 1. The van der Waals surface area contributed by atoms with Crippen LogP contribution >= 0.6 is 0 Å². The van der Waals surface area contributed by atoms with Gasteiger partial charge in [-0.15, -0.1) is 0 Å². The summed E-state index contributed by atoms with van der Waals surface area (Å²) in [7, 11) is 0. The Morgan fingerprint density at radius 3 is 2.39 bits per heavy atom. The molecule has 0 atom stereocenters. The van der Waals surface area contributed by atoms with Gasteiger partial charge in [-0.05, 0) is 24.1 Å². The van der Waals surface area contributed by atoms with Gasteiger partial charge < -0.3 is 14.6 Å². The van der Waals surface area contributed by atoms with Crippen LogP contribution in [0.2, 0.25) is 0 Å². The van der Waals surface area contributed by atoms with E-state index in [0.29, 0.717) is 0 Å². The maximum Gasteiger partial charge on any atom is 0.119 e. The predicted molar refractivity (Wildman–Crippen MR) is 69.4 cm³/mol. The molecule has 0 unspecified atom stereocenters. The van der Waals surface area contributed by atoms with E-state index in [2.05, 4.69) is 6.92 Å². The highest BCUT2D eigenvalue weighted by molar-refractivity contribution is 5.67. The Morgan fingerprint density at radius 1 is 1.11 bits per heavy atom. The second-order valence-corrected chi connectivity index (χ2v) is 4.46. The molecule has 100 valence electrons. The number of aliphatic carboxylic acids is 1. The number of carbonyl (C=O) groups is 1. The number of ether oxygens (including phenoxy) is 1. The lowest BCUT2D eigenvalue weighted by molar-refractivity contribution is -0.304. The predicted octanol–water partition coefficient (Wildman–Crippen LogP) is 2.33. The van der Waals surface area contributed by atoms with Crippen LogP contribution in [0, 0.1) is 0 Å². The minimum atomic E-state index is -1.06. The zero-order valence-electron chi connectivity index (χ0n) is 11.0. The van der Waals surface area contributed by atoms with Gasteiger partial charge in [-0.3, -0.25) is 0 Å². The number of carbonyl (C=O) groups excluding carboxylic acids is 1. The lowest BCUT2D eigenvalue weighted by Crippen LogP contribution is -2.24. The first-order valence-electron chi connectivity index (χ1n) is 6.64. The summed E-state index contributed by atoms with van der Waals surface area (Å²) in [4.78, 5) is 10.4. The molecule has 0 heterocycles. The van der Waals surface area contributed by atoms with Crippen molar-refractivity contribution in [3.8, 4) is 5.75 Å². The molecule has 1 aromatic carbocycles. The molecule has 0 aromatic heterocycles. The van der Waals surface area contributed by atoms with Crippen LogP contribution in [0.1, 0.15) is 44.6 Å². The van der Waals surface area contributed by atoms with E-state index < -0.39 is 5.97 Å². The minimum absolute atomic E-state index is 0.0443. The monoisotopic (exact) mass is 249 g/mol. The largest absolute Gasteiger partial charge is 0.550 e. The average Bonchev–Trinajstić information content (AvgIpc) is 2.35. The van der Waals surface area contributed by atoms with Crippen LogP contribution in [-0.4, -0.2) is 12.6 Å². The highest BCUT2D eigenvalue weighted by Gasteiger charge is 1.96. The van der Waals surface area contributed by atoms with Crippen molar-refractivity contribution in [1.29, 1.82) is 0 Å². The third-order valence-corrected chi connectivity index (χ3v) is 2.79. The molecule has 0 N–H and O–H groups in total. The lowest BCUT2D eigenvalue weighted by atomic mass is 10.1. The van der Waals surface area contributed by atoms with Crippen LogP contribution in [0.4, 0.5) is 0 Å². The number of carboxylic acids is 1. The second kappa shape index (κ2) is 8.56. The van der Waals surface area contributed by atoms with Crippen molar-refractivity contribution >= 4 is 5.97 Å². The first-order chi connectivity index (χ1) is 8.72. The van der Waals surface area contributed by atoms with E-state index in [1.165, 1.54) is 25.7 Å². The highest BCUT2D eigenvalue weighted by atomic mass is 16.5. The van der Waals surface area contributed by atoms with Gasteiger partial charge in [-0.1, -0.05) is 44.7 Å². The number of rotatable bonds is 9. The minimum Gasteiger partial charge on any atom is -0.550 e. The van der Waals surface area contributed by atoms with E-state index in [9.17, 15) is 9.90 Å². The van der Waals surface area contributed by atoms with Crippen LogP contribution in [0.15, 0.2) is 24.3 Å². The molecule has 0 aliphatic rings. The molecule has 0 fully saturated rings. The molecular weight excluding hydrogens is 228 g/mol. The third-order valence-electron chi connectivity index (χ3n) is 2.79. The number of hydrogen-bond acceptors (Lipinski definition) is 3. The van der Waals surface area contributed by atoms with Crippen molar-refractivity contribution in [1.82, 2.24) is 0 Å². The average molecular weight is 249 g/mol. The molecule has 0 saturated carbocycles. The Labute approximate surface area is 109 Å². The Bertz CT molecular complexity index is 343. The van der Waals surface area contributed by atoms with Gasteiger partial charge in [-0.2, -0.15) is 0 Å². The molecule has 0 bridgehead atoms. The summed E-state index contributed by atoms with van der Waals surface area (Å²) in [6.45, 7) is 2.92. The van der Waals surface area contributed by atoms with Gasteiger partial charge in [0.05, 0.1) is 6.61 Å². The molecule has 1 aromatic rings. The summed E-state index contributed by atoms with van der Waals surface area (Å²) in [6, 6.07) is 7.15. The Kier molecular flexibility index (Phi) is 6.92. The SMILES string of the molecule is CCCCCCCOc1ccc(CC(=O)[O-])cc1. The van der Waals surface area contributed by atoms with Crippen LogP contribution in [-0.2, 0) is 11.2 Å². The fourth-order valence-corrected chi connectivity index (χ4v) is 1.77. The number of unbranched alkanes of at least 4 members (excludes halogenated alkanes) is 4. The number of hydrogen-bond donors (Lipinski definition) is 0. The zero-order chi connectivity index (χ0) is 13.2. The Morgan fingerprint density at radius 2 is 1.78 bits per heavy atom. The molecule has 0 aliphatic carbocycles. The summed E-state index contributed by atoms with van der Waals surface area (Å²) in [6.07, 6.45) is 6.04. The lowest BCUT2D eigenvalue weighted by Gasteiger charge is -2.07. The van der Waals surface area contributed by atoms with Crippen molar-refractivity contribution in [2.75, 3.05) is 6.61 Å². The fraction of sp³-hybridized carbons (Fsp3) is 0.533. The van der Waals surface area contributed by atoms with E-state index >= 15 is 0 Å². The summed E-state index contributed by atoms with van der Waals surface area (Å²) in [5.41, 5.74) is 0.741. The number of benzene rings is 1. The Hall–Kier alpha value is -1.51. The van der Waals surface area contributed by atoms with Gasteiger partial charge in [0, 0.05) is 12.4 Å². The normalized spacial score (nSPS) is 10.3. The van der Waals surface area contributed by atoms with Gasteiger partial charge >= 0.3 is 0 Å². The summed E-state index contributed by atoms with van der Waals surface area (Å²) in [5, 5.41) is 10.4. The smallest absolute Gasteiger partial charge is 0.119 e. The van der Waals surface area contributed by atoms with Crippen LogP contribution in [0.25, 0.3) is 0 Å². The topological polar surface area (TPSA) is 49.4 Å². The van der Waals surface area contributed by atoms with E-state index in [0.717, 1.165) is 24.3 Å². The maximum atomic E-state index is 10.4. The van der Waals surface area contributed by atoms with Crippen LogP contribution in [0.5, 0.6) is 5.75 Å². The van der Waals surface area contributed by atoms with Gasteiger partial charge in [0.2, 0.25) is 0 Å². The first kappa shape index (κ1) is 14.6. The first-order valence-corrected chi connectivity index (χ1v) is 6.64. The second-order valence-electron chi connectivity index (χ2n) is 4.46. The van der Waals surface area contributed by atoms with Gasteiger partial charge in [0.15, 0.2) is 0 Å². The third kappa shape index (κ3) is 6.28. The standard InChI is InChI=1S/C15H22O3/c1-2-3-4-5-6-11-18-14-9-7-13(8-10-14)12-15(16)17/h7-10H,2-6,11-12H2,1H3,(H,16,17)/p-1. The van der Waals surface area contributed by atoms with Crippen LogP contribution in [0.3, 0.4) is 0 Å². The molecule has 0 aliphatic heterocycles. The maximum absolute atomic E-state index is 10.4. The summed E-state index contributed by atoms with van der Waals surface area (Å²) in [5.74, 6) is -0.257. The van der Waals surface area contributed by atoms with Crippen molar-refractivity contribution in [2.45, 2.75) is 45.4 Å². The van der Waals surface area contributed by atoms with E-state index in [4.69, 9.17) is 4.74 Å². The molecule has 0 spiro atoms. The van der Waals surface area contributed by atoms with Crippen molar-refractivity contribution in [2.24, 2.45) is 0 Å². The van der Waals surface area contributed by atoms with Crippen molar-refractivity contribution in [3.05, 3.63) is 29.8 Å². The van der Waals surface area contributed by atoms with Crippen molar-refractivity contribution in [3.63, 3.8) is 0 Å². The van der Waals surface area contributed by atoms with E-state index in [-0.39, 0.29) is 6.42 Å². The van der Waals surface area contributed by atoms with E-state index in [1.807, 2.05) is 12.1 Å². The van der Waals surface area contributed by atoms with Crippen molar-refractivity contribution < 1.29 is 14.6 Å². The van der Waals surface area contributed by atoms with Crippen LogP contribution < -0.4 is 9.84 Å². The molecule has 3 nitrogen and oxygen atoms in total. The fourth-order valence-electron chi connectivity index (χ4n) is 1.77. The Balaban J connectivity index is 2.20.